The highest BCUT2D eigenvalue weighted by molar-refractivity contribution is 7.90. The fraction of sp³-hybridized carbons (Fsp3) is 0.545. The van der Waals surface area contributed by atoms with Gasteiger partial charge in [0.2, 0.25) is 0 Å². The summed E-state index contributed by atoms with van der Waals surface area (Å²) in [5.74, 6) is 0.179. The highest BCUT2D eigenvalue weighted by Gasteiger charge is 2.29. The molecular formula is C22H31N3O4S2. The zero-order valence-corrected chi connectivity index (χ0v) is 20.4. The molecular weight excluding hydrogens is 434 g/mol. The number of hydrogen-bond donors (Lipinski definition) is 0. The van der Waals surface area contributed by atoms with E-state index >= 15 is 0 Å². The van der Waals surface area contributed by atoms with E-state index in [1.807, 2.05) is 40.0 Å². The van der Waals surface area contributed by atoms with Gasteiger partial charge in [-0.15, -0.1) is 16.4 Å². The predicted octanol–water partition coefficient (Wildman–Crippen LogP) is 3.87. The van der Waals surface area contributed by atoms with Crippen LogP contribution in [0, 0.1) is 5.41 Å². The number of anilines is 1. The van der Waals surface area contributed by atoms with Gasteiger partial charge in [0.15, 0.2) is 9.84 Å². The fourth-order valence-electron chi connectivity index (χ4n) is 3.31. The van der Waals surface area contributed by atoms with Crippen molar-refractivity contribution in [3.63, 3.8) is 0 Å². The second-order valence-electron chi connectivity index (χ2n) is 9.13. The van der Waals surface area contributed by atoms with Crippen LogP contribution >= 0.6 is 11.3 Å². The van der Waals surface area contributed by atoms with E-state index in [0.717, 1.165) is 29.2 Å². The first kappa shape index (κ1) is 23.7. The first-order valence-electron chi connectivity index (χ1n) is 10.4. The summed E-state index contributed by atoms with van der Waals surface area (Å²) < 4.78 is 23.3. The molecule has 2 heterocycles. The summed E-state index contributed by atoms with van der Waals surface area (Å²) in [7, 11) is -1.22. The number of sulfone groups is 1. The second-order valence-corrected chi connectivity index (χ2v) is 12.0. The van der Waals surface area contributed by atoms with Crippen molar-refractivity contribution in [3.05, 3.63) is 40.3 Å². The van der Waals surface area contributed by atoms with Crippen LogP contribution in [0.4, 0.5) is 5.69 Å². The Morgan fingerprint density at radius 3 is 2.39 bits per heavy atom. The molecule has 1 aliphatic heterocycles. The molecule has 2 aromatic rings. The molecule has 0 atom stereocenters. The third kappa shape index (κ3) is 6.27. The molecule has 31 heavy (non-hydrogen) atoms. The second kappa shape index (κ2) is 9.26. The Balaban J connectivity index is 1.54. The van der Waals surface area contributed by atoms with Gasteiger partial charge in [0, 0.05) is 43.4 Å². The number of hydrogen-bond acceptors (Lipinski definition) is 8. The number of aromatic nitrogens is 1. The average Bonchev–Trinajstić information content (AvgIpc) is 3.15. The maximum Gasteiger partial charge on any atom is 0.330 e. The van der Waals surface area contributed by atoms with Crippen molar-refractivity contribution in [2.75, 3.05) is 31.3 Å². The minimum Gasteiger partial charge on any atom is -0.369 e. The molecule has 3 rings (SSSR count). The number of benzene rings is 1. The number of rotatable bonds is 6. The molecule has 7 nitrogen and oxygen atoms in total. The third-order valence-corrected chi connectivity index (χ3v) is 7.49. The van der Waals surface area contributed by atoms with Crippen molar-refractivity contribution in [1.29, 1.82) is 0 Å². The Morgan fingerprint density at radius 1 is 1.23 bits per heavy atom. The highest BCUT2D eigenvalue weighted by atomic mass is 32.2. The lowest BCUT2D eigenvalue weighted by molar-refractivity contribution is -0.204. The lowest BCUT2D eigenvalue weighted by Gasteiger charge is -2.31. The Kier molecular flexibility index (Phi) is 7.08. The van der Waals surface area contributed by atoms with Crippen LogP contribution in [0.2, 0.25) is 0 Å². The average molecular weight is 466 g/mol. The summed E-state index contributed by atoms with van der Waals surface area (Å²) in [5.41, 5.74) is 1.44. The van der Waals surface area contributed by atoms with Crippen molar-refractivity contribution in [2.24, 2.45) is 5.41 Å². The molecule has 0 amide bonds. The van der Waals surface area contributed by atoms with Gasteiger partial charge in [0.25, 0.3) is 0 Å². The van der Waals surface area contributed by atoms with Crippen LogP contribution in [0.5, 0.6) is 0 Å². The number of nitrogens with zero attached hydrogens (tertiary/aromatic N) is 3. The molecule has 1 aromatic heterocycles. The van der Waals surface area contributed by atoms with Crippen molar-refractivity contribution >= 4 is 32.8 Å². The molecule has 0 aliphatic carbocycles. The lowest BCUT2D eigenvalue weighted by Crippen LogP contribution is -2.38. The largest absolute Gasteiger partial charge is 0.369 e. The number of carbonyl (C=O) groups excluding carboxylic acids is 1. The number of piperidine rings is 1. The predicted molar refractivity (Wildman–Crippen MR) is 123 cm³/mol. The minimum atomic E-state index is -3.19. The molecule has 0 saturated carbocycles. The molecule has 1 aromatic carbocycles. The van der Waals surface area contributed by atoms with Gasteiger partial charge in [0.1, 0.15) is 0 Å². The molecule has 9 heteroatoms. The fourth-order valence-corrected chi connectivity index (χ4v) is 4.93. The van der Waals surface area contributed by atoms with Crippen LogP contribution in [0.15, 0.2) is 34.5 Å². The van der Waals surface area contributed by atoms with Crippen LogP contribution < -0.4 is 4.90 Å². The van der Waals surface area contributed by atoms with Crippen LogP contribution in [-0.2, 0) is 26.0 Å². The Hall–Kier alpha value is -1.97. The minimum absolute atomic E-state index is 0.199. The van der Waals surface area contributed by atoms with Crippen molar-refractivity contribution < 1.29 is 18.0 Å². The first-order valence-corrected chi connectivity index (χ1v) is 13.1. The number of thiazole rings is 1. The molecule has 0 bridgehead atoms. The molecule has 170 valence electrons. The van der Waals surface area contributed by atoms with E-state index < -0.39 is 15.3 Å². The summed E-state index contributed by atoms with van der Waals surface area (Å²) in [4.78, 5) is 24.8. The van der Waals surface area contributed by atoms with E-state index in [2.05, 4.69) is 10.3 Å². The third-order valence-electron chi connectivity index (χ3n) is 5.30. The lowest BCUT2D eigenvalue weighted by atomic mass is 9.97. The summed E-state index contributed by atoms with van der Waals surface area (Å²) >= 11 is 1.68. The quantitative estimate of drug-likeness (QED) is 0.641. The summed E-state index contributed by atoms with van der Waals surface area (Å²) in [5, 5.41) is 4.98. The van der Waals surface area contributed by atoms with E-state index in [1.54, 1.807) is 28.5 Å². The molecule has 1 saturated heterocycles. The van der Waals surface area contributed by atoms with Gasteiger partial charge in [-0.1, -0.05) is 0 Å². The number of hydroxylamine groups is 2. The normalized spacial score (nSPS) is 16.3. The van der Waals surface area contributed by atoms with E-state index in [0.29, 0.717) is 30.4 Å². The zero-order valence-electron chi connectivity index (χ0n) is 18.8. The Morgan fingerprint density at radius 2 is 1.84 bits per heavy atom. The van der Waals surface area contributed by atoms with Gasteiger partial charge >= 0.3 is 5.97 Å². The SMILES string of the molecule is CN(Cc1csc(C2CCN(OC(=O)C(C)(C)C)CC2)n1)c1ccc(S(C)(=O)=O)cc1. The van der Waals surface area contributed by atoms with Gasteiger partial charge in [0.05, 0.1) is 27.6 Å². The van der Waals surface area contributed by atoms with Crippen molar-refractivity contribution in [2.45, 2.75) is 51.0 Å². The van der Waals surface area contributed by atoms with E-state index in [4.69, 9.17) is 9.82 Å². The van der Waals surface area contributed by atoms with Crippen LogP contribution in [0.3, 0.4) is 0 Å². The maximum atomic E-state index is 12.1. The molecule has 0 radical (unpaired) electrons. The van der Waals surface area contributed by atoms with E-state index in [1.165, 1.54) is 6.26 Å². The van der Waals surface area contributed by atoms with Gasteiger partial charge in [-0.3, -0.25) is 0 Å². The number of carbonyl (C=O) groups is 1. The summed E-state index contributed by atoms with van der Waals surface area (Å²) in [6, 6.07) is 6.90. The van der Waals surface area contributed by atoms with E-state index in [-0.39, 0.29) is 5.97 Å². The first-order chi connectivity index (χ1) is 14.4. The molecule has 0 N–H and O–H groups in total. The van der Waals surface area contributed by atoms with Gasteiger partial charge < -0.3 is 9.74 Å². The van der Waals surface area contributed by atoms with Crippen molar-refractivity contribution in [1.82, 2.24) is 10.0 Å². The Bertz CT molecular complexity index is 1000. The van der Waals surface area contributed by atoms with Crippen LogP contribution in [0.25, 0.3) is 0 Å². The molecule has 0 unspecified atom stereocenters. The topological polar surface area (TPSA) is 79.8 Å². The smallest absolute Gasteiger partial charge is 0.330 e. The van der Waals surface area contributed by atoms with Crippen LogP contribution in [0.1, 0.15) is 50.2 Å². The van der Waals surface area contributed by atoms with Gasteiger partial charge in [-0.2, -0.15) is 0 Å². The summed E-state index contributed by atoms with van der Waals surface area (Å²) in [6.45, 7) is 7.65. The zero-order chi connectivity index (χ0) is 22.8. The van der Waals surface area contributed by atoms with Gasteiger partial charge in [-0.05, 0) is 57.9 Å². The Labute approximate surface area is 188 Å². The van der Waals surface area contributed by atoms with E-state index in [9.17, 15) is 13.2 Å². The van der Waals surface area contributed by atoms with Gasteiger partial charge in [-0.25, -0.2) is 18.2 Å². The molecule has 1 aliphatic rings. The van der Waals surface area contributed by atoms with Crippen LogP contribution in [-0.4, -0.2) is 50.8 Å². The monoisotopic (exact) mass is 465 g/mol. The van der Waals surface area contributed by atoms with Crippen molar-refractivity contribution in [3.8, 4) is 0 Å². The highest BCUT2D eigenvalue weighted by Crippen LogP contribution is 2.31. The summed E-state index contributed by atoms with van der Waals surface area (Å²) in [6.07, 6.45) is 3.03. The molecule has 0 spiro atoms. The maximum absolute atomic E-state index is 12.1. The molecule has 1 fully saturated rings. The standard InChI is InChI=1S/C22H31N3O4S2/c1-22(2,3)21(26)29-25-12-10-16(11-13-25)20-23-17(15-30-20)14-24(4)18-6-8-19(9-7-18)31(5,27)28/h6-9,15-16H,10-14H2,1-5H3.